The van der Waals surface area contributed by atoms with Crippen LogP contribution in [0.3, 0.4) is 0 Å². The molecule has 14 aromatic carbocycles. The molecule has 0 fully saturated rings. The Hall–Kier alpha value is -13.4. The van der Waals surface area contributed by atoms with Crippen LogP contribution in [0.4, 0.5) is 34.1 Å². The lowest BCUT2D eigenvalue weighted by Gasteiger charge is -2.45. The Labute approximate surface area is 783 Å². The van der Waals surface area contributed by atoms with Gasteiger partial charge in [-0.2, -0.15) is 0 Å². The van der Waals surface area contributed by atoms with Gasteiger partial charge in [0.25, 0.3) is 6.71 Å². The third kappa shape index (κ3) is 16.7. The summed E-state index contributed by atoms with van der Waals surface area (Å²) in [4.78, 5) is 32.7. The van der Waals surface area contributed by atoms with Gasteiger partial charge in [0.2, 0.25) is 0 Å². The molecule has 132 heavy (non-hydrogen) atoms. The summed E-state index contributed by atoms with van der Waals surface area (Å²) < 4.78 is 2.43. The van der Waals surface area contributed by atoms with E-state index >= 15 is 0 Å². The quantitative estimate of drug-likeness (QED) is 0.113. The Morgan fingerprint density at radius 3 is 0.909 bits per heavy atom. The van der Waals surface area contributed by atoms with Crippen LogP contribution in [-0.4, -0.2) is 36.2 Å². The summed E-state index contributed by atoms with van der Waals surface area (Å²) >= 11 is 0. The fourth-order valence-electron chi connectivity index (χ4n) is 19.1. The third-order valence-electron chi connectivity index (χ3n) is 27.2. The van der Waals surface area contributed by atoms with Crippen molar-refractivity contribution in [2.45, 2.75) is 209 Å². The first-order valence-electron chi connectivity index (χ1n) is 47.2. The van der Waals surface area contributed by atoms with Gasteiger partial charge in [0.15, 0.2) is 23.3 Å². The van der Waals surface area contributed by atoms with Crippen LogP contribution in [0.15, 0.2) is 309 Å². The SMILES string of the molecule is CC(C)(C)c1cc(-c2ccc3c(c2)B2c4cc(-c5cc(C(C)(C)C)cc(C(C)(C)C)c5)ccc4N(c4cc(C(C)(C)C)cc(C(C)(C)C)c4)c4cc(-c5ccc6c(c5)c5ccccc5n6-c5ccc(-c6nc(-c7ccccc7)cc(-c7ccccc7)n6)cc5-c5nc(-c6ccccc6)nc(-c6ccccc6)n5)cc(c42)N3c2cc(C(C)(C)C)cc(C(C)(C)C)c2)cc(C(C)(C)C)c1. The molecule has 0 saturated carbocycles. The van der Waals surface area contributed by atoms with E-state index in [0.717, 1.165) is 118 Å². The van der Waals surface area contributed by atoms with Gasteiger partial charge in [-0.3, -0.25) is 0 Å². The molecule has 9 heteroatoms. The van der Waals surface area contributed by atoms with E-state index in [-0.39, 0.29) is 50.0 Å². The van der Waals surface area contributed by atoms with Crippen molar-refractivity contribution >= 4 is 79.0 Å². The lowest BCUT2D eigenvalue weighted by Crippen LogP contribution is -2.61. The molecule has 0 unspecified atom stereocenters. The molecule has 0 spiro atoms. The molecule has 5 heterocycles. The average Bonchev–Trinajstić information content (AvgIpc) is 0.730. The number of hydrogen-bond donors (Lipinski definition) is 0. The Morgan fingerprint density at radius 2 is 0.515 bits per heavy atom. The number of benzene rings is 14. The zero-order chi connectivity index (χ0) is 93.0. The Bertz CT molecular complexity index is 6910. The maximum Gasteiger partial charge on any atom is 0.252 e. The zero-order valence-corrected chi connectivity index (χ0v) is 81.6. The van der Waals surface area contributed by atoms with Crippen molar-refractivity contribution in [1.29, 1.82) is 0 Å². The van der Waals surface area contributed by atoms with Crippen molar-refractivity contribution < 1.29 is 0 Å². The summed E-state index contributed by atoms with van der Waals surface area (Å²) in [7, 11) is 0. The minimum Gasteiger partial charge on any atom is -0.311 e. The van der Waals surface area contributed by atoms with E-state index in [4.69, 9.17) is 24.9 Å². The fraction of sp³-hybridized carbons (Fsp3) is 0.260. The van der Waals surface area contributed by atoms with Crippen molar-refractivity contribution in [3.8, 4) is 107 Å². The first-order valence-corrected chi connectivity index (χ1v) is 47.2. The summed E-state index contributed by atoms with van der Waals surface area (Å²) in [6.45, 7) is 56.5. The van der Waals surface area contributed by atoms with E-state index in [2.05, 4.69) is 441 Å². The third-order valence-corrected chi connectivity index (χ3v) is 27.2. The fourth-order valence-corrected chi connectivity index (χ4v) is 19.1. The van der Waals surface area contributed by atoms with Crippen LogP contribution in [0, 0.1) is 0 Å². The average molecular weight is 1720 g/mol. The van der Waals surface area contributed by atoms with E-state index in [1.54, 1.807) is 0 Å². The van der Waals surface area contributed by atoms with Crippen LogP contribution in [0.5, 0.6) is 0 Å². The minimum absolute atomic E-state index is 0.108. The molecule has 8 nitrogen and oxygen atoms in total. The maximum atomic E-state index is 5.56. The van der Waals surface area contributed by atoms with Gasteiger partial charge in [0.1, 0.15) is 0 Å². The van der Waals surface area contributed by atoms with Crippen LogP contribution in [0.25, 0.3) is 129 Å². The van der Waals surface area contributed by atoms with Gasteiger partial charge in [0.05, 0.1) is 28.1 Å². The zero-order valence-electron chi connectivity index (χ0n) is 81.6. The summed E-state index contributed by atoms with van der Waals surface area (Å²) in [5.41, 5.74) is 36.8. The molecule has 0 amide bonds. The van der Waals surface area contributed by atoms with Crippen molar-refractivity contribution in [2.24, 2.45) is 0 Å². The second-order valence-corrected chi connectivity index (χ2v) is 45.3. The van der Waals surface area contributed by atoms with E-state index in [1.807, 2.05) is 48.5 Å². The number of para-hydroxylation sites is 1. The van der Waals surface area contributed by atoms with Crippen LogP contribution < -0.4 is 26.2 Å². The smallest absolute Gasteiger partial charge is 0.252 e. The van der Waals surface area contributed by atoms with E-state index < -0.39 is 0 Å². The lowest BCUT2D eigenvalue weighted by atomic mass is 9.33. The van der Waals surface area contributed by atoms with Gasteiger partial charge >= 0.3 is 0 Å². The highest BCUT2D eigenvalue weighted by Crippen LogP contribution is 2.52. The molecule has 2 aliphatic heterocycles. The number of rotatable bonds is 12. The Morgan fingerprint density at radius 1 is 0.205 bits per heavy atom. The molecule has 0 atom stereocenters. The predicted molar refractivity (Wildman–Crippen MR) is 562 cm³/mol. The van der Waals surface area contributed by atoms with Gasteiger partial charge in [-0.1, -0.05) is 385 Å². The topological polar surface area (TPSA) is 75.9 Å². The number of aromatic nitrogens is 6. The second kappa shape index (κ2) is 32.3. The van der Waals surface area contributed by atoms with Gasteiger partial charge in [-0.05, 0) is 229 Å². The predicted octanol–water partition coefficient (Wildman–Crippen LogP) is 31.2. The number of hydrogen-bond acceptors (Lipinski definition) is 7. The van der Waals surface area contributed by atoms with Crippen LogP contribution in [0.2, 0.25) is 0 Å². The van der Waals surface area contributed by atoms with Crippen LogP contribution in [-0.2, 0) is 43.3 Å². The standard InChI is InChI=1S/C123H123BN8/c1-116(2,3)87-57-84(58-88(67-87)117(4,5)6)81-50-55-107-100(63-81)124-101-64-82(85-59-89(118(7,8)9)68-90(60-85)119(10,11)12)51-56-108(101)131(96-73-93(122(19,20)21)70-94(74-96)123(22,23)24)110-66-86(65-109(111(110)124)130(107)95-71-91(120(13,14)15)69-92(72-95)121(16,17)18)80-49-53-105-98(61-80)97-47-37-38-48-104(97)132(105)106-54-52-83(114-125-102(76-39-29-25-30-40-76)75-103(126-114)77-41-31-26-32-42-77)62-99(106)115-128-112(78-43-33-27-34-44-78)127-113(129-115)79-45-35-28-36-46-79/h25-75H,1-24H3. The Balaban J connectivity index is 0.913. The summed E-state index contributed by atoms with van der Waals surface area (Å²) in [6.07, 6.45) is 0. The molecule has 17 aromatic rings. The number of nitrogens with zero attached hydrogens (tertiary/aromatic N) is 8. The van der Waals surface area contributed by atoms with Gasteiger partial charge < -0.3 is 14.4 Å². The minimum atomic E-state index is -0.258. The van der Waals surface area contributed by atoms with E-state index in [0.29, 0.717) is 23.3 Å². The highest BCUT2D eigenvalue weighted by atomic mass is 15.2. The van der Waals surface area contributed by atoms with Crippen molar-refractivity contribution in [3.05, 3.63) is 354 Å². The molecule has 3 aromatic heterocycles. The normalized spacial score (nSPS) is 13.3. The second-order valence-electron chi connectivity index (χ2n) is 45.3. The molecule has 658 valence electrons. The monoisotopic (exact) mass is 1720 g/mol. The largest absolute Gasteiger partial charge is 0.311 e. The van der Waals surface area contributed by atoms with Crippen LogP contribution in [0.1, 0.15) is 211 Å². The van der Waals surface area contributed by atoms with Crippen molar-refractivity contribution in [3.63, 3.8) is 0 Å². The molecular weight excluding hydrogens is 1600 g/mol. The Kier molecular flexibility index (Phi) is 21.5. The molecule has 0 aliphatic carbocycles. The molecule has 0 radical (unpaired) electrons. The number of anilines is 6. The first kappa shape index (κ1) is 87.9. The van der Waals surface area contributed by atoms with Gasteiger partial charge in [0, 0.05) is 78.3 Å². The summed E-state index contributed by atoms with van der Waals surface area (Å²) in [6, 6.07) is 116. The van der Waals surface area contributed by atoms with Gasteiger partial charge in [-0.15, -0.1) is 0 Å². The molecule has 0 N–H and O–H groups in total. The first-order chi connectivity index (χ1) is 62.4. The molecule has 0 bridgehead atoms. The van der Waals surface area contributed by atoms with Crippen molar-refractivity contribution in [2.75, 3.05) is 9.80 Å². The molecule has 19 rings (SSSR count). The van der Waals surface area contributed by atoms with E-state index in [1.165, 1.54) is 83.1 Å². The molecule has 2 aliphatic rings. The summed E-state index contributed by atoms with van der Waals surface area (Å²) in [5.74, 6) is 2.21. The highest BCUT2D eigenvalue weighted by Gasteiger charge is 2.46. The lowest BCUT2D eigenvalue weighted by molar-refractivity contribution is 0.568. The molecular formula is C123H123BN8. The van der Waals surface area contributed by atoms with Crippen molar-refractivity contribution in [1.82, 2.24) is 29.5 Å². The van der Waals surface area contributed by atoms with Crippen LogP contribution >= 0.6 is 0 Å². The summed E-state index contributed by atoms with van der Waals surface area (Å²) in [5, 5.41) is 2.20. The maximum absolute atomic E-state index is 5.56. The highest BCUT2D eigenvalue weighted by molar-refractivity contribution is 7.00. The molecule has 0 saturated heterocycles. The number of fused-ring (bicyclic) bond motifs is 7. The van der Waals surface area contributed by atoms with E-state index in [9.17, 15) is 0 Å². The van der Waals surface area contributed by atoms with Gasteiger partial charge in [-0.25, -0.2) is 24.9 Å².